The molecule has 5 amide bonds. The number of nitrogens with one attached hydrogen (secondary N) is 1. The Kier molecular flexibility index (Phi) is 6.23. The van der Waals surface area contributed by atoms with Crippen molar-refractivity contribution in [1.29, 1.82) is 0 Å². The third-order valence-electron chi connectivity index (χ3n) is 7.98. The lowest BCUT2D eigenvalue weighted by atomic mass is 9.89. The van der Waals surface area contributed by atoms with Crippen molar-refractivity contribution in [1.82, 2.24) is 15.1 Å². The molecule has 1 aliphatic carbocycles. The molecule has 1 aromatic rings. The number of piperidine rings is 2. The largest absolute Gasteiger partial charge is 0.342 e. The van der Waals surface area contributed by atoms with E-state index in [0.717, 1.165) is 62.1 Å². The summed E-state index contributed by atoms with van der Waals surface area (Å²) in [5.41, 5.74) is 1.65. The molecule has 1 saturated carbocycles. The van der Waals surface area contributed by atoms with Gasteiger partial charge in [-0.2, -0.15) is 0 Å². The zero-order valence-electron chi connectivity index (χ0n) is 19.4. The molecule has 1 N–H and O–H groups in total. The Hall–Kier alpha value is -3.03. The number of amides is 5. The number of hydrogen-bond donors (Lipinski definition) is 1. The van der Waals surface area contributed by atoms with Crippen molar-refractivity contribution < 1.29 is 24.0 Å². The molecule has 2 saturated heterocycles. The van der Waals surface area contributed by atoms with E-state index >= 15 is 0 Å². The Bertz CT molecular complexity index is 1040. The standard InChI is InChI=1S/C26H31N3O5/c30-22-10-9-21(23(31)27-22)29-25(33)19-8-7-17(15-20(19)26(29)34)6-5-16-11-13-28(14-12-16)24(32)18-3-1-2-4-18/h7-8,15-16,18,21H,1-6,9-14H2,(H,27,30,31). The number of imide groups is 2. The van der Waals surface area contributed by atoms with Gasteiger partial charge in [0.15, 0.2) is 0 Å². The molecule has 0 spiro atoms. The highest BCUT2D eigenvalue weighted by atomic mass is 16.2. The lowest BCUT2D eigenvalue weighted by molar-refractivity contribution is -0.137. The van der Waals surface area contributed by atoms with Gasteiger partial charge in [-0.15, -0.1) is 0 Å². The highest BCUT2D eigenvalue weighted by molar-refractivity contribution is 6.23. The van der Waals surface area contributed by atoms with E-state index in [1.165, 1.54) is 12.8 Å². The molecule has 1 atom stereocenters. The maximum absolute atomic E-state index is 13.0. The molecule has 4 aliphatic rings. The van der Waals surface area contributed by atoms with Crippen LogP contribution in [0.25, 0.3) is 0 Å². The fourth-order valence-corrected chi connectivity index (χ4v) is 5.92. The molecule has 34 heavy (non-hydrogen) atoms. The van der Waals surface area contributed by atoms with Crippen molar-refractivity contribution in [2.75, 3.05) is 13.1 Å². The molecule has 0 radical (unpaired) electrons. The lowest BCUT2D eigenvalue weighted by Crippen LogP contribution is -2.54. The molecule has 0 bridgehead atoms. The molecule has 5 rings (SSSR count). The minimum atomic E-state index is -0.939. The predicted octanol–water partition coefficient (Wildman–Crippen LogP) is 2.45. The summed E-state index contributed by atoms with van der Waals surface area (Å²) in [5, 5.41) is 2.22. The highest BCUT2D eigenvalue weighted by Crippen LogP contribution is 2.31. The molecule has 1 aromatic carbocycles. The van der Waals surface area contributed by atoms with Gasteiger partial charge in [-0.1, -0.05) is 18.9 Å². The third-order valence-corrected chi connectivity index (χ3v) is 7.98. The molecule has 0 aromatic heterocycles. The van der Waals surface area contributed by atoms with Crippen molar-refractivity contribution in [2.45, 2.75) is 70.3 Å². The second-order valence-corrected chi connectivity index (χ2v) is 10.1. The Morgan fingerprint density at radius 1 is 0.912 bits per heavy atom. The molecule has 8 heteroatoms. The van der Waals surface area contributed by atoms with Crippen molar-refractivity contribution >= 4 is 29.5 Å². The zero-order valence-corrected chi connectivity index (χ0v) is 19.4. The molecule has 3 aliphatic heterocycles. The molecule has 1 unspecified atom stereocenters. The average molecular weight is 466 g/mol. The number of rotatable bonds is 5. The van der Waals surface area contributed by atoms with Gasteiger partial charge in [-0.05, 0) is 68.6 Å². The van der Waals surface area contributed by atoms with E-state index < -0.39 is 23.8 Å². The summed E-state index contributed by atoms with van der Waals surface area (Å²) in [6.45, 7) is 1.66. The summed E-state index contributed by atoms with van der Waals surface area (Å²) >= 11 is 0. The minimum Gasteiger partial charge on any atom is -0.342 e. The van der Waals surface area contributed by atoms with Crippen molar-refractivity contribution in [3.05, 3.63) is 34.9 Å². The van der Waals surface area contributed by atoms with Gasteiger partial charge in [0.2, 0.25) is 17.7 Å². The molecule has 3 heterocycles. The van der Waals surface area contributed by atoms with Gasteiger partial charge in [-0.25, -0.2) is 0 Å². The van der Waals surface area contributed by atoms with Crippen molar-refractivity contribution in [3.63, 3.8) is 0 Å². The van der Waals surface area contributed by atoms with Gasteiger partial charge in [0, 0.05) is 25.4 Å². The first-order valence-corrected chi connectivity index (χ1v) is 12.6. The third kappa shape index (κ3) is 4.26. The topological polar surface area (TPSA) is 104 Å². The van der Waals surface area contributed by atoms with Crippen LogP contribution in [0.2, 0.25) is 0 Å². The normalized spacial score (nSPS) is 24.1. The number of benzene rings is 1. The molecule has 3 fully saturated rings. The highest BCUT2D eigenvalue weighted by Gasteiger charge is 2.44. The summed E-state index contributed by atoms with van der Waals surface area (Å²) in [6.07, 6.45) is 8.48. The van der Waals surface area contributed by atoms with E-state index in [0.29, 0.717) is 23.0 Å². The Morgan fingerprint density at radius 2 is 1.62 bits per heavy atom. The predicted molar refractivity (Wildman–Crippen MR) is 123 cm³/mol. The maximum atomic E-state index is 13.0. The van der Waals surface area contributed by atoms with Crippen molar-refractivity contribution in [2.24, 2.45) is 11.8 Å². The summed E-state index contributed by atoms with van der Waals surface area (Å²) < 4.78 is 0. The van der Waals surface area contributed by atoms with Gasteiger partial charge >= 0.3 is 0 Å². The zero-order chi connectivity index (χ0) is 23.8. The smallest absolute Gasteiger partial charge is 0.262 e. The van der Waals surface area contributed by atoms with Crippen LogP contribution in [0.15, 0.2) is 18.2 Å². The van der Waals surface area contributed by atoms with Crippen LogP contribution in [0.1, 0.15) is 84.1 Å². The summed E-state index contributed by atoms with van der Waals surface area (Å²) in [7, 11) is 0. The number of aryl methyl sites for hydroxylation is 1. The monoisotopic (exact) mass is 465 g/mol. The van der Waals surface area contributed by atoms with Crippen LogP contribution in [-0.4, -0.2) is 58.5 Å². The minimum absolute atomic E-state index is 0.111. The Balaban J connectivity index is 1.17. The van der Waals surface area contributed by atoms with Crippen LogP contribution in [0.4, 0.5) is 0 Å². The first-order chi connectivity index (χ1) is 16.4. The van der Waals surface area contributed by atoms with Crippen LogP contribution >= 0.6 is 0 Å². The van der Waals surface area contributed by atoms with Gasteiger partial charge in [0.25, 0.3) is 11.8 Å². The van der Waals surface area contributed by atoms with Crippen LogP contribution in [0.5, 0.6) is 0 Å². The Labute approximate surface area is 199 Å². The van der Waals surface area contributed by atoms with Gasteiger partial charge in [0.1, 0.15) is 6.04 Å². The van der Waals surface area contributed by atoms with Crippen LogP contribution in [-0.2, 0) is 20.8 Å². The number of carbonyl (C=O) groups excluding carboxylic acids is 5. The van der Waals surface area contributed by atoms with E-state index in [1.807, 2.05) is 6.07 Å². The Morgan fingerprint density at radius 3 is 2.32 bits per heavy atom. The average Bonchev–Trinajstić information content (AvgIpc) is 3.46. The number of nitrogens with zero attached hydrogens (tertiary/aromatic N) is 2. The van der Waals surface area contributed by atoms with E-state index in [9.17, 15) is 24.0 Å². The van der Waals surface area contributed by atoms with E-state index in [2.05, 4.69) is 10.2 Å². The molecule has 8 nitrogen and oxygen atoms in total. The molecular weight excluding hydrogens is 434 g/mol. The number of likely N-dealkylation sites (tertiary alicyclic amines) is 1. The molecular formula is C26H31N3O5. The number of carbonyl (C=O) groups is 5. The first kappa shape index (κ1) is 22.7. The van der Waals surface area contributed by atoms with Gasteiger partial charge < -0.3 is 4.90 Å². The fraction of sp³-hybridized carbons (Fsp3) is 0.577. The first-order valence-electron chi connectivity index (χ1n) is 12.6. The number of fused-ring (bicyclic) bond motifs is 1. The molecule has 180 valence electrons. The summed E-state index contributed by atoms with van der Waals surface area (Å²) in [4.78, 5) is 65.2. The van der Waals surface area contributed by atoms with Crippen LogP contribution < -0.4 is 5.32 Å². The maximum Gasteiger partial charge on any atom is 0.262 e. The second kappa shape index (κ2) is 9.31. The van der Waals surface area contributed by atoms with E-state index in [1.54, 1.807) is 12.1 Å². The van der Waals surface area contributed by atoms with Crippen molar-refractivity contribution in [3.8, 4) is 0 Å². The summed E-state index contributed by atoms with van der Waals surface area (Å²) in [6, 6.07) is 4.40. The SMILES string of the molecule is O=C1CCC(N2C(=O)c3ccc(CCC4CCN(C(=O)C5CCCC5)CC4)cc3C2=O)C(=O)N1. The second-order valence-electron chi connectivity index (χ2n) is 10.1. The quantitative estimate of drug-likeness (QED) is 0.673. The lowest BCUT2D eigenvalue weighted by Gasteiger charge is -2.33. The van der Waals surface area contributed by atoms with E-state index in [4.69, 9.17) is 0 Å². The van der Waals surface area contributed by atoms with Gasteiger partial charge in [-0.3, -0.25) is 34.2 Å². The van der Waals surface area contributed by atoms with Crippen LogP contribution in [0, 0.1) is 11.8 Å². The summed E-state index contributed by atoms with van der Waals surface area (Å²) in [5.74, 6) is -0.785. The fourth-order valence-electron chi connectivity index (χ4n) is 5.92. The van der Waals surface area contributed by atoms with Gasteiger partial charge in [0.05, 0.1) is 11.1 Å². The van der Waals surface area contributed by atoms with Crippen LogP contribution in [0.3, 0.4) is 0 Å². The van der Waals surface area contributed by atoms with E-state index in [-0.39, 0.29) is 24.7 Å². The number of hydrogen-bond acceptors (Lipinski definition) is 5.